The van der Waals surface area contributed by atoms with Crippen molar-refractivity contribution in [3.63, 3.8) is 0 Å². The van der Waals surface area contributed by atoms with Gasteiger partial charge in [0, 0.05) is 36.9 Å². The molecule has 8 aliphatic carbocycles. The second-order valence-electron chi connectivity index (χ2n) is 18.5. The zero-order valence-corrected chi connectivity index (χ0v) is 31.0. The SMILES string of the molecule is N#Cc1ccc2c(c1)sc1cc(-c3nc(-c4ccc(C56CC7C[C@H](C5)C[C@@H](C7)C6)cc4)nc(-c4ccc(C56C[C@H]7C[C@@H](C5)C[C@@H](C6)C7)cc4)n3)ccc12. The molecule has 2 aromatic heterocycles. The lowest BCUT2D eigenvalue weighted by Gasteiger charge is -2.57. The Bertz CT molecular complexity index is 2310. The Labute approximate surface area is 315 Å². The third kappa shape index (κ3) is 4.94. The zero-order chi connectivity index (χ0) is 34.9. The molecular formula is C48H44N4S. The van der Waals surface area contributed by atoms with E-state index < -0.39 is 0 Å². The molecule has 0 N–H and O–H groups in total. The van der Waals surface area contributed by atoms with E-state index in [0.717, 1.165) is 68.5 Å². The molecule has 262 valence electrons. The third-order valence-electron chi connectivity index (χ3n) is 15.1. The first-order valence-corrected chi connectivity index (χ1v) is 21.1. The van der Waals surface area contributed by atoms with Crippen molar-refractivity contribution in [3.05, 3.63) is 102 Å². The minimum absolute atomic E-state index is 0.370. The predicted octanol–water partition coefficient (Wildman–Crippen LogP) is 12.0. The lowest BCUT2D eigenvalue weighted by Crippen LogP contribution is -2.48. The highest BCUT2D eigenvalue weighted by molar-refractivity contribution is 7.25. The minimum Gasteiger partial charge on any atom is -0.208 e. The van der Waals surface area contributed by atoms with Crippen LogP contribution < -0.4 is 0 Å². The third-order valence-corrected chi connectivity index (χ3v) is 16.2. The van der Waals surface area contributed by atoms with E-state index in [1.807, 2.05) is 12.1 Å². The summed E-state index contributed by atoms with van der Waals surface area (Å²) in [5.41, 5.74) is 7.60. The standard InChI is InChI=1S/C48H44N4S/c49-27-28-1-11-40-41-12-6-37(20-43(41)53-42(40)19-28)46-51-44(35-2-7-38(8-3-35)47-21-29-13-30(22-47)15-31(14-29)23-47)50-45(52-46)36-4-9-39(10-5-36)48-24-32-16-33(25-48)18-34(17-32)26-48/h1-12,19-20,29-34H,13-18,21-26H2/t29-,30+,31-,32-,33+,34?,47?,48?. The molecule has 0 aliphatic heterocycles. The topological polar surface area (TPSA) is 62.5 Å². The van der Waals surface area contributed by atoms with Gasteiger partial charge in [0.2, 0.25) is 0 Å². The minimum atomic E-state index is 0.370. The molecule has 0 amide bonds. The first kappa shape index (κ1) is 31.0. The molecule has 4 nitrogen and oxygen atoms in total. The summed E-state index contributed by atoms with van der Waals surface area (Å²) >= 11 is 1.73. The summed E-state index contributed by atoms with van der Waals surface area (Å²) in [6, 6.07) is 33.6. The van der Waals surface area contributed by atoms with E-state index >= 15 is 0 Å². The van der Waals surface area contributed by atoms with Crippen LogP contribution in [0.1, 0.15) is 93.7 Å². The van der Waals surface area contributed by atoms with E-state index in [0.29, 0.717) is 22.2 Å². The van der Waals surface area contributed by atoms with Crippen molar-refractivity contribution in [3.8, 4) is 40.2 Å². The van der Waals surface area contributed by atoms with E-state index in [4.69, 9.17) is 15.0 Å². The lowest BCUT2D eigenvalue weighted by atomic mass is 9.48. The molecule has 0 saturated heterocycles. The Morgan fingerprint density at radius 1 is 0.472 bits per heavy atom. The molecule has 53 heavy (non-hydrogen) atoms. The van der Waals surface area contributed by atoms with Crippen LogP contribution in [0, 0.1) is 46.8 Å². The summed E-state index contributed by atoms with van der Waals surface area (Å²) in [5.74, 6) is 7.74. The maximum atomic E-state index is 9.50. The van der Waals surface area contributed by atoms with Crippen LogP contribution >= 0.6 is 11.3 Å². The number of nitrogens with zero attached hydrogens (tertiary/aromatic N) is 4. The van der Waals surface area contributed by atoms with E-state index in [1.165, 1.54) is 104 Å². The molecule has 0 radical (unpaired) electrons. The van der Waals surface area contributed by atoms with Crippen molar-refractivity contribution in [2.24, 2.45) is 35.5 Å². The van der Waals surface area contributed by atoms with E-state index in [9.17, 15) is 5.26 Å². The van der Waals surface area contributed by atoms with Gasteiger partial charge in [0.1, 0.15) is 0 Å². The van der Waals surface area contributed by atoms with Crippen LogP contribution in [0.2, 0.25) is 0 Å². The van der Waals surface area contributed by atoms with Gasteiger partial charge in [0.05, 0.1) is 11.6 Å². The van der Waals surface area contributed by atoms with Crippen molar-refractivity contribution in [2.75, 3.05) is 0 Å². The largest absolute Gasteiger partial charge is 0.208 e. The second kappa shape index (κ2) is 11.3. The highest BCUT2D eigenvalue weighted by Crippen LogP contribution is 2.62. The van der Waals surface area contributed by atoms with Crippen LogP contribution in [0.15, 0.2) is 84.9 Å². The van der Waals surface area contributed by atoms with Gasteiger partial charge in [-0.1, -0.05) is 66.7 Å². The number of rotatable bonds is 5. The van der Waals surface area contributed by atoms with Crippen molar-refractivity contribution in [2.45, 2.75) is 87.9 Å². The van der Waals surface area contributed by atoms with Gasteiger partial charge in [0.25, 0.3) is 0 Å². The number of nitriles is 1. The molecule has 8 fully saturated rings. The number of hydrogen-bond donors (Lipinski definition) is 0. The number of aromatic nitrogens is 3. The molecule has 0 spiro atoms. The average Bonchev–Trinajstić information content (AvgIpc) is 3.54. The van der Waals surface area contributed by atoms with Gasteiger partial charge >= 0.3 is 0 Å². The molecular weight excluding hydrogens is 665 g/mol. The first-order chi connectivity index (χ1) is 26.0. The molecule has 0 atom stereocenters. The summed E-state index contributed by atoms with van der Waals surface area (Å²) in [6.45, 7) is 0. The van der Waals surface area contributed by atoms with Crippen molar-refractivity contribution < 1.29 is 0 Å². The molecule has 8 bridgehead atoms. The summed E-state index contributed by atoms with van der Waals surface area (Å²) in [5, 5.41) is 11.9. The Kier molecular flexibility index (Phi) is 6.62. The molecule has 5 heteroatoms. The van der Waals surface area contributed by atoms with Crippen LogP contribution in [0.3, 0.4) is 0 Å². The zero-order valence-electron chi connectivity index (χ0n) is 30.2. The number of benzene rings is 4. The van der Waals surface area contributed by atoms with Gasteiger partial charge < -0.3 is 0 Å². The Morgan fingerprint density at radius 2 is 0.849 bits per heavy atom. The Hall–Kier alpha value is -4.40. The molecule has 2 heterocycles. The highest BCUT2D eigenvalue weighted by Gasteiger charge is 2.52. The van der Waals surface area contributed by atoms with Crippen LogP contribution in [-0.4, -0.2) is 15.0 Å². The van der Waals surface area contributed by atoms with E-state index in [2.05, 4.69) is 78.9 Å². The Morgan fingerprint density at radius 3 is 1.28 bits per heavy atom. The van der Waals surface area contributed by atoms with E-state index in [1.54, 1.807) is 11.3 Å². The van der Waals surface area contributed by atoms with Crippen molar-refractivity contribution in [1.29, 1.82) is 5.26 Å². The molecule has 0 unspecified atom stereocenters. The van der Waals surface area contributed by atoms with Crippen LogP contribution in [0.5, 0.6) is 0 Å². The van der Waals surface area contributed by atoms with Gasteiger partial charge in [0.15, 0.2) is 17.5 Å². The lowest BCUT2D eigenvalue weighted by molar-refractivity contribution is -0.00530. The molecule has 8 saturated carbocycles. The number of fused-ring (bicyclic) bond motifs is 3. The average molecular weight is 709 g/mol. The fourth-order valence-electron chi connectivity index (χ4n) is 13.6. The maximum absolute atomic E-state index is 9.50. The molecule has 8 aliphatic rings. The van der Waals surface area contributed by atoms with Crippen LogP contribution in [0.4, 0.5) is 0 Å². The summed E-state index contributed by atoms with van der Waals surface area (Å²) in [4.78, 5) is 15.6. The fraction of sp³-hybridized carbons (Fsp3) is 0.417. The quantitative estimate of drug-likeness (QED) is 0.179. The van der Waals surface area contributed by atoms with Gasteiger partial charge in [-0.3, -0.25) is 0 Å². The maximum Gasteiger partial charge on any atom is 0.164 e. The summed E-state index contributed by atoms with van der Waals surface area (Å²) in [6.07, 6.45) is 17.0. The smallest absolute Gasteiger partial charge is 0.164 e. The van der Waals surface area contributed by atoms with Gasteiger partial charge in [-0.25, -0.2) is 15.0 Å². The second-order valence-corrected chi connectivity index (χ2v) is 19.6. The monoisotopic (exact) mass is 708 g/mol. The normalized spacial score (nSPS) is 32.1. The first-order valence-electron chi connectivity index (χ1n) is 20.3. The van der Waals surface area contributed by atoms with E-state index in [-0.39, 0.29) is 0 Å². The highest BCUT2D eigenvalue weighted by atomic mass is 32.1. The summed E-state index contributed by atoms with van der Waals surface area (Å²) < 4.78 is 2.31. The van der Waals surface area contributed by atoms with Crippen LogP contribution in [-0.2, 0) is 10.8 Å². The number of hydrogen-bond acceptors (Lipinski definition) is 5. The fourth-order valence-corrected chi connectivity index (χ4v) is 14.8. The van der Waals surface area contributed by atoms with Gasteiger partial charge in [-0.2, -0.15) is 5.26 Å². The van der Waals surface area contributed by atoms with Crippen molar-refractivity contribution >= 4 is 31.5 Å². The molecule has 4 aromatic carbocycles. The van der Waals surface area contributed by atoms with Gasteiger partial charge in [-0.05, 0) is 153 Å². The predicted molar refractivity (Wildman–Crippen MR) is 213 cm³/mol. The van der Waals surface area contributed by atoms with Gasteiger partial charge in [-0.15, -0.1) is 11.3 Å². The number of thiophene rings is 1. The molecule has 6 aromatic rings. The molecule has 14 rings (SSSR count). The van der Waals surface area contributed by atoms with Crippen LogP contribution in [0.25, 0.3) is 54.3 Å². The van der Waals surface area contributed by atoms with Crippen molar-refractivity contribution in [1.82, 2.24) is 15.0 Å². The Balaban J connectivity index is 0.939. The summed E-state index contributed by atoms with van der Waals surface area (Å²) in [7, 11) is 0.